The molecule has 0 aliphatic carbocycles. The number of hydrogen-bond acceptors (Lipinski definition) is 12. The van der Waals surface area contributed by atoms with Crippen molar-refractivity contribution in [2.75, 3.05) is 25.6 Å². The molecule has 0 bridgehead atoms. The maximum absolute atomic E-state index is 15.3. The minimum absolute atomic E-state index is 0.0823. The van der Waals surface area contributed by atoms with Crippen molar-refractivity contribution < 1.29 is 46.9 Å². The second kappa shape index (κ2) is 12.7. The minimum atomic E-state index is -4.17. The number of alkyl halides is 2. The first-order chi connectivity index (χ1) is 17.8. The second-order valence-electron chi connectivity index (χ2n) is 11.2. The summed E-state index contributed by atoms with van der Waals surface area (Å²) >= 11 is 6.14. The fourth-order valence-corrected chi connectivity index (χ4v) is 5.15. The van der Waals surface area contributed by atoms with Crippen LogP contribution in [0.2, 0.25) is 0 Å². The molecule has 0 spiro atoms. The standard InChI is InChI=1S/C24H38ClFN3O9P/c1-15-28-16(27)8-10-29(15)19-17(26)18(30)24(12-25,38-19)9-11-39(33,36-13-34-20(31)22(2,3)4)37-14-35-21(32)23(5,6)7/h8,10,17-19,30H,1,9,11-14H2,2-7H3,(H2,27,28)/t17-,18+,19-,24+/m1/s1. The maximum Gasteiger partial charge on any atom is 0.336 e. The Morgan fingerprint density at radius 3 is 2.15 bits per heavy atom. The molecule has 0 aromatic carbocycles. The first-order valence-corrected chi connectivity index (χ1v) is 14.4. The smallest absolute Gasteiger partial charge is 0.336 e. The molecule has 2 aliphatic rings. The molecule has 3 N–H and O–H groups in total. The van der Waals surface area contributed by atoms with Gasteiger partial charge in [-0.2, -0.15) is 0 Å². The Kier molecular flexibility index (Phi) is 10.8. The summed E-state index contributed by atoms with van der Waals surface area (Å²) in [6.45, 7) is 12.0. The van der Waals surface area contributed by atoms with Crippen molar-refractivity contribution in [3.05, 3.63) is 24.7 Å². The van der Waals surface area contributed by atoms with E-state index < -0.39 is 80.1 Å². The number of carbonyl (C=O) groups is 2. The zero-order valence-electron chi connectivity index (χ0n) is 23.0. The molecular formula is C24H38ClFN3O9P. The number of amidine groups is 1. The Morgan fingerprint density at radius 2 is 1.72 bits per heavy atom. The van der Waals surface area contributed by atoms with Crippen LogP contribution in [-0.2, 0) is 37.4 Å². The van der Waals surface area contributed by atoms with E-state index in [2.05, 4.69) is 11.6 Å². The number of esters is 2. The van der Waals surface area contributed by atoms with Gasteiger partial charge in [0.05, 0.1) is 22.9 Å². The number of aliphatic imine (C=N–C) groups is 1. The lowest BCUT2D eigenvalue weighted by Gasteiger charge is -2.33. The Morgan fingerprint density at radius 1 is 1.21 bits per heavy atom. The molecule has 39 heavy (non-hydrogen) atoms. The van der Waals surface area contributed by atoms with Crippen LogP contribution in [0, 0.1) is 10.8 Å². The first-order valence-electron chi connectivity index (χ1n) is 12.1. The van der Waals surface area contributed by atoms with Gasteiger partial charge < -0.3 is 30.0 Å². The number of rotatable bonds is 11. The van der Waals surface area contributed by atoms with E-state index in [1.807, 2.05) is 0 Å². The van der Waals surface area contributed by atoms with E-state index in [-0.39, 0.29) is 18.1 Å². The zero-order chi connectivity index (χ0) is 29.8. The number of nitrogens with two attached hydrogens (primary N) is 1. The van der Waals surface area contributed by atoms with Crippen LogP contribution in [0.15, 0.2) is 29.7 Å². The molecule has 2 aliphatic heterocycles. The van der Waals surface area contributed by atoms with Crippen LogP contribution in [0.5, 0.6) is 0 Å². The van der Waals surface area contributed by atoms with E-state index in [9.17, 15) is 19.3 Å². The van der Waals surface area contributed by atoms with Gasteiger partial charge in [0.2, 0.25) is 13.6 Å². The summed E-state index contributed by atoms with van der Waals surface area (Å²) in [6, 6.07) is 0. The van der Waals surface area contributed by atoms with Crippen LogP contribution in [-0.4, -0.2) is 77.5 Å². The van der Waals surface area contributed by atoms with Gasteiger partial charge in [-0.3, -0.25) is 23.2 Å². The van der Waals surface area contributed by atoms with E-state index in [0.717, 1.165) is 0 Å². The van der Waals surface area contributed by atoms with Crippen LogP contribution in [0.25, 0.3) is 0 Å². The van der Waals surface area contributed by atoms with Gasteiger partial charge in [-0.05, 0) is 54.0 Å². The molecule has 0 radical (unpaired) electrons. The van der Waals surface area contributed by atoms with Gasteiger partial charge in [-0.1, -0.05) is 6.58 Å². The maximum atomic E-state index is 15.3. The summed E-state index contributed by atoms with van der Waals surface area (Å²) in [5, 5.41) is 10.8. The van der Waals surface area contributed by atoms with E-state index >= 15 is 4.39 Å². The molecule has 222 valence electrons. The number of hydrogen-bond donors (Lipinski definition) is 2. The van der Waals surface area contributed by atoms with Crippen molar-refractivity contribution in [3.63, 3.8) is 0 Å². The molecule has 0 saturated carbocycles. The van der Waals surface area contributed by atoms with E-state index in [1.54, 1.807) is 41.5 Å². The van der Waals surface area contributed by atoms with E-state index in [4.69, 9.17) is 40.6 Å². The lowest BCUT2D eigenvalue weighted by Crippen LogP contribution is -2.44. The average Bonchev–Trinajstić information content (AvgIpc) is 3.07. The lowest BCUT2D eigenvalue weighted by atomic mass is 9.95. The molecule has 2 rings (SSSR count). The molecule has 4 atom stereocenters. The molecule has 0 unspecified atom stereocenters. The number of halogens is 2. The molecule has 0 aromatic heterocycles. The highest BCUT2D eigenvalue weighted by Gasteiger charge is 2.57. The molecule has 2 heterocycles. The fraction of sp³-hybridized carbons (Fsp3) is 0.708. The molecular weight excluding hydrogens is 560 g/mol. The molecule has 1 saturated heterocycles. The molecule has 0 amide bonds. The van der Waals surface area contributed by atoms with Crippen molar-refractivity contribution >= 4 is 37.0 Å². The van der Waals surface area contributed by atoms with Crippen LogP contribution >= 0.6 is 19.2 Å². The summed E-state index contributed by atoms with van der Waals surface area (Å²) in [6.07, 6.45) is -3.01. The highest BCUT2D eigenvalue weighted by molar-refractivity contribution is 7.53. The summed E-state index contributed by atoms with van der Waals surface area (Å²) in [7, 11) is -4.17. The Hall–Kier alpha value is -2.02. The normalized spacial score (nSPS) is 26.0. The van der Waals surface area contributed by atoms with Crippen LogP contribution < -0.4 is 5.73 Å². The molecule has 15 heteroatoms. The topological polar surface area (TPSA) is 159 Å². The third-order valence-electron chi connectivity index (χ3n) is 5.84. The largest absolute Gasteiger partial charge is 0.438 e. The number of nitrogens with zero attached hydrogens (tertiary/aromatic N) is 2. The van der Waals surface area contributed by atoms with Crippen molar-refractivity contribution in [2.24, 2.45) is 21.6 Å². The Labute approximate surface area is 232 Å². The van der Waals surface area contributed by atoms with Crippen molar-refractivity contribution in [3.8, 4) is 0 Å². The van der Waals surface area contributed by atoms with Crippen LogP contribution in [0.1, 0.15) is 48.0 Å². The monoisotopic (exact) mass is 597 g/mol. The molecule has 12 nitrogen and oxygen atoms in total. The summed E-state index contributed by atoms with van der Waals surface area (Å²) in [4.78, 5) is 29.4. The zero-order valence-corrected chi connectivity index (χ0v) is 24.7. The van der Waals surface area contributed by atoms with Gasteiger partial charge >= 0.3 is 19.5 Å². The van der Waals surface area contributed by atoms with Gasteiger partial charge in [-0.15, -0.1) is 11.6 Å². The SMILES string of the molecule is C=C1N=C(N)C=CN1[C@@H]1O[C@](CCl)(CCP(=O)(OCOC(=O)C(C)(C)C)OCOC(=O)C(C)(C)C)[C@@H](O)[C@H]1F. The van der Waals surface area contributed by atoms with Crippen molar-refractivity contribution in [1.29, 1.82) is 0 Å². The van der Waals surface area contributed by atoms with Gasteiger partial charge in [0.1, 0.15) is 23.4 Å². The predicted octanol–water partition coefficient (Wildman–Crippen LogP) is 3.39. The van der Waals surface area contributed by atoms with Gasteiger partial charge in [-0.25, -0.2) is 9.38 Å². The van der Waals surface area contributed by atoms with Crippen molar-refractivity contribution in [1.82, 2.24) is 4.90 Å². The minimum Gasteiger partial charge on any atom is -0.438 e. The van der Waals surface area contributed by atoms with Gasteiger partial charge in [0.15, 0.2) is 12.4 Å². The number of ether oxygens (including phenoxy) is 3. The van der Waals surface area contributed by atoms with E-state index in [1.165, 1.54) is 17.2 Å². The average molecular weight is 598 g/mol. The fourth-order valence-electron chi connectivity index (χ4n) is 3.38. The second-order valence-corrected chi connectivity index (χ2v) is 13.7. The number of carbonyl (C=O) groups excluding carboxylic acids is 2. The number of aliphatic hydroxyl groups excluding tert-OH is 1. The summed E-state index contributed by atoms with van der Waals surface area (Å²) in [5.74, 6) is -1.40. The molecule has 1 fully saturated rings. The highest BCUT2D eigenvalue weighted by Crippen LogP contribution is 2.52. The third-order valence-corrected chi connectivity index (χ3v) is 8.06. The Bertz CT molecular complexity index is 1010. The quantitative estimate of drug-likeness (QED) is 0.155. The predicted molar refractivity (Wildman–Crippen MR) is 141 cm³/mol. The van der Waals surface area contributed by atoms with Crippen LogP contribution in [0.4, 0.5) is 4.39 Å². The summed E-state index contributed by atoms with van der Waals surface area (Å²) < 4.78 is 55.4. The highest BCUT2D eigenvalue weighted by atomic mass is 35.5. The lowest BCUT2D eigenvalue weighted by molar-refractivity contribution is -0.162. The Balaban J connectivity index is 2.17. The third kappa shape index (κ3) is 8.48. The van der Waals surface area contributed by atoms with Crippen LogP contribution in [0.3, 0.4) is 0 Å². The van der Waals surface area contributed by atoms with Gasteiger partial charge in [0.25, 0.3) is 0 Å². The van der Waals surface area contributed by atoms with E-state index in [0.29, 0.717) is 0 Å². The molecule has 0 aromatic rings. The van der Waals surface area contributed by atoms with Gasteiger partial charge in [0, 0.05) is 6.20 Å². The first kappa shape index (κ1) is 33.2. The van der Waals surface area contributed by atoms with Crippen molar-refractivity contribution in [2.45, 2.75) is 72.1 Å². The summed E-state index contributed by atoms with van der Waals surface area (Å²) in [5.41, 5.74) is 2.21. The number of aliphatic hydroxyl groups is 1.